The zero-order valence-corrected chi connectivity index (χ0v) is 23.2. The fraction of sp³-hybridized carbons (Fsp3) is 0.517. The molecule has 0 aliphatic carbocycles. The first-order chi connectivity index (χ1) is 19.5. The number of fused-ring (bicyclic) bond motifs is 1. The van der Waals surface area contributed by atoms with E-state index in [9.17, 15) is 5.26 Å². The lowest BCUT2D eigenvalue weighted by molar-refractivity contribution is -0.0327. The van der Waals surface area contributed by atoms with E-state index >= 15 is 0 Å². The topological polar surface area (TPSA) is 120 Å². The van der Waals surface area contributed by atoms with E-state index in [0.717, 1.165) is 87.3 Å². The van der Waals surface area contributed by atoms with Gasteiger partial charge in [0.15, 0.2) is 0 Å². The van der Waals surface area contributed by atoms with Gasteiger partial charge in [0.25, 0.3) is 0 Å². The van der Waals surface area contributed by atoms with E-state index in [2.05, 4.69) is 54.7 Å². The molecule has 2 aromatic heterocycles. The number of nitrogens with two attached hydrogens (primary N) is 1. The summed E-state index contributed by atoms with van der Waals surface area (Å²) in [5, 5.41) is 10.5. The monoisotopic (exact) mass is 543 g/mol. The molecule has 0 spiro atoms. The van der Waals surface area contributed by atoms with E-state index in [0.29, 0.717) is 5.56 Å². The molecule has 3 fully saturated rings. The molecule has 0 amide bonds. The van der Waals surface area contributed by atoms with Crippen molar-refractivity contribution >= 4 is 28.4 Å². The molecule has 2 N–H and O–H groups in total. The van der Waals surface area contributed by atoms with Crippen molar-refractivity contribution in [2.75, 3.05) is 80.7 Å². The molecular formula is C29H37N9O2. The highest BCUT2D eigenvalue weighted by atomic mass is 16.5. The number of anilines is 3. The molecule has 0 unspecified atom stereocenters. The molecule has 5 heterocycles. The highest BCUT2D eigenvalue weighted by Crippen LogP contribution is 2.30. The molecule has 4 atom stereocenters. The van der Waals surface area contributed by atoms with Crippen molar-refractivity contribution in [3.8, 4) is 6.07 Å². The second kappa shape index (κ2) is 11.5. The van der Waals surface area contributed by atoms with Crippen LogP contribution in [-0.4, -0.2) is 110 Å². The smallest absolute Gasteiger partial charge is 0.227 e. The van der Waals surface area contributed by atoms with E-state index in [4.69, 9.17) is 20.2 Å². The minimum Gasteiger partial charge on any atom is -0.378 e. The lowest BCUT2D eigenvalue weighted by atomic mass is 10.1. The van der Waals surface area contributed by atoms with Crippen LogP contribution in [0.2, 0.25) is 0 Å². The maximum Gasteiger partial charge on any atom is 0.227 e. The standard InChI is InChI=1S/C29H37N9O2/c1-20-15-37(25-6-5-21(14-30)28-23(25)4-3-8-32-28)17-22(40-20)16-35-10-12-36(13-11-35)29-33-9-7-27(34-29)38-18-24(31)26(19-38)39-2/h3-9,20,22,24,26H,10-13,15-19,31H2,1-2H3/t20-,22+,24+,26+/m1/s1. The van der Waals surface area contributed by atoms with Crippen LogP contribution in [0.25, 0.3) is 10.9 Å². The summed E-state index contributed by atoms with van der Waals surface area (Å²) in [7, 11) is 1.71. The maximum absolute atomic E-state index is 9.53. The molecule has 11 nitrogen and oxygen atoms in total. The number of nitriles is 1. The van der Waals surface area contributed by atoms with Gasteiger partial charge in [0.05, 0.1) is 35.4 Å². The van der Waals surface area contributed by atoms with Gasteiger partial charge in [-0.25, -0.2) is 4.98 Å². The summed E-state index contributed by atoms with van der Waals surface area (Å²) in [5.41, 5.74) is 8.69. The van der Waals surface area contributed by atoms with Crippen LogP contribution in [0.3, 0.4) is 0 Å². The van der Waals surface area contributed by atoms with Gasteiger partial charge in [-0.05, 0) is 37.3 Å². The third kappa shape index (κ3) is 5.40. The molecule has 210 valence electrons. The molecule has 3 saturated heterocycles. The van der Waals surface area contributed by atoms with Crippen LogP contribution < -0.4 is 20.4 Å². The predicted molar refractivity (Wildman–Crippen MR) is 155 cm³/mol. The Morgan fingerprint density at radius 1 is 1.00 bits per heavy atom. The zero-order chi connectivity index (χ0) is 27.6. The maximum atomic E-state index is 9.53. The number of piperazine rings is 1. The summed E-state index contributed by atoms with van der Waals surface area (Å²) in [6.07, 6.45) is 3.80. The second-order valence-corrected chi connectivity index (χ2v) is 11.0. The van der Waals surface area contributed by atoms with E-state index in [1.165, 1.54) is 0 Å². The molecule has 40 heavy (non-hydrogen) atoms. The average molecular weight is 544 g/mol. The van der Waals surface area contributed by atoms with Gasteiger partial charge in [0.1, 0.15) is 11.9 Å². The minimum atomic E-state index is -0.0140. The van der Waals surface area contributed by atoms with E-state index in [1.807, 2.05) is 24.4 Å². The number of hydrogen-bond donors (Lipinski definition) is 1. The SMILES string of the molecule is CO[C@H]1CN(c2ccnc(N3CCN(C[C@H]4CN(c5ccc(C#N)c6ncccc56)C[C@@H](C)O4)CC3)n2)C[C@@H]1N. The van der Waals surface area contributed by atoms with Crippen molar-refractivity contribution in [3.63, 3.8) is 0 Å². The molecule has 3 aromatic rings. The first-order valence-corrected chi connectivity index (χ1v) is 14.0. The zero-order valence-electron chi connectivity index (χ0n) is 23.2. The number of ether oxygens (including phenoxy) is 2. The van der Waals surface area contributed by atoms with Gasteiger partial charge in [0, 0.05) is 89.5 Å². The van der Waals surface area contributed by atoms with Crippen molar-refractivity contribution in [1.29, 1.82) is 5.26 Å². The van der Waals surface area contributed by atoms with E-state index < -0.39 is 0 Å². The highest BCUT2D eigenvalue weighted by molar-refractivity contribution is 5.95. The van der Waals surface area contributed by atoms with Crippen LogP contribution in [0.5, 0.6) is 0 Å². The number of pyridine rings is 1. The van der Waals surface area contributed by atoms with Crippen molar-refractivity contribution in [1.82, 2.24) is 19.9 Å². The van der Waals surface area contributed by atoms with E-state index in [1.54, 1.807) is 13.3 Å². The summed E-state index contributed by atoms with van der Waals surface area (Å²) in [5.74, 6) is 1.67. The van der Waals surface area contributed by atoms with Crippen molar-refractivity contribution in [2.45, 2.75) is 31.3 Å². The Morgan fingerprint density at radius 2 is 1.85 bits per heavy atom. The first kappa shape index (κ1) is 26.7. The summed E-state index contributed by atoms with van der Waals surface area (Å²) < 4.78 is 11.9. The Kier molecular flexibility index (Phi) is 7.67. The molecule has 0 saturated carbocycles. The second-order valence-electron chi connectivity index (χ2n) is 11.0. The number of rotatable bonds is 6. The van der Waals surface area contributed by atoms with Gasteiger partial charge in [-0.2, -0.15) is 10.2 Å². The predicted octanol–water partition coefficient (Wildman–Crippen LogP) is 1.47. The summed E-state index contributed by atoms with van der Waals surface area (Å²) in [4.78, 5) is 23.2. The Hall–Kier alpha value is -3.56. The van der Waals surface area contributed by atoms with Gasteiger partial charge in [-0.15, -0.1) is 0 Å². The summed E-state index contributed by atoms with van der Waals surface area (Å²) in [6, 6.07) is 12.1. The molecule has 0 bridgehead atoms. The summed E-state index contributed by atoms with van der Waals surface area (Å²) >= 11 is 0. The Balaban J connectivity index is 1.08. The molecule has 1 aromatic carbocycles. The van der Waals surface area contributed by atoms with Crippen LogP contribution in [0.1, 0.15) is 12.5 Å². The molecule has 3 aliphatic heterocycles. The van der Waals surface area contributed by atoms with Gasteiger partial charge in [-0.3, -0.25) is 9.88 Å². The Morgan fingerprint density at radius 3 is 2.62 bits per heavy atom. The Labute approximate surface area is 235 Å². The van der Waals surface area contributed by atoms with Crippen LogP contribution in [0.4, 0.5) is 17.5 Å². The molecule has 11 heteroatoms. The quantitative estimate of drug-likeness (QED) is 0.487. The summed E-state index contributed by atoms with van der Waals surface area (Å²) in [6.45, 7) is 9.65. The number of benzene rings is 1. The van der Waals surface area contributed by atoms with Crippen LogP contribution in [0, 0.1) is 11.3 Å². The van der Waals surface area contributed by atoms with Crippen LogP contribution in [0.15, 0.2) is 42.7 Å². The number of nitrogens with zero attached hydrogens (tertiary/aromatic N) is 8. The van der Waals surface area contributed by atoms with Crippen LogP contribution in [-0.2, 0) is 9.47 Å². The van der Waals surface area contributed by atoms with E-state index in [-0.39, 0.29) is 24.4 Å². The van der Waals surface area contributed by atoms with Crippen molar-refractivity contribution < 1.29 is 9.47 Å². The fourth-order valence-corrected chi connectivity index (χ4v) is 6.19. The van der Waals surface area contributed by atoms with Gasteiger partial charge < -0.3 is 29.9 Å². The minimum absolute atomic E-state index is 0.0140. The number of morpholine rings is 1. The van der Waals surface area contributed by atoms with Gasteiger partial charge in [-0.1, -0.05) is 0 Å². The fourth-order valence-electron chi connectivity index (χ4n) is 6.19. The largest absolute Gasteiger partial charge is 0.378 e. The number of hydrogen-bond acceptors (Lipinski definition) is 11. The molecule has 6 rings (SSSR count). The highest BCUT2D eigenvalue weighted by Gasteiger charge is 2.32. The van der Waals surface area contributed by atoms with Crippen molar-refractivity contribution in [2.24, 2.45) is 5.73 Å². The third-order valence-electron chi connectivity index (χ3n) is 8.22. The van der Waals surface area contributed by atoms with Crippen LogP contribution >= 0.6 is 0 Å². The molecule has 0 radical (unpaired) electrons. The lowest BCUT2D eigenvalue weighted by Crippen LogP contribution is -2.54. The number of aromatic nitrogens is 3. The van der Waals surface area contributed by atoms with Crippen molar-refractivity contribution in [3.05, 3.63) is 48.3 Å². The Bertz CT molecular complexity index is 1370. The van der Waals surface area contributed by atoms with Gasteiger partial charge >= 0.3 is 0 Å². The molecular weight excluding hydrogens is 506 g/mol. The lowest BCUT2D eigenvalue weighted by Gasteiger charge is -2.42. The third-order valence-corrected chi connectivity index (χ3v) is 8.22. The first-order valence-electron chi connectivity index (χ1n) is 14.0. The average Bonchev–Trinajstić information content (AvgIpc) is 3.37. The number of methoxy groups -OCH3 is 1. The van der Waals surface area contributed by atoms with Gasteiger partial charge in [0.2, 0.25) is 5.95 Å². The molecule has 3 aliphatic rings. The normalized spacial score (nSPS) is 25.9.